The third kappa shape index (κ3) is 6.87. The predicted molar refractivity (Wildman–Crippen MR) is 120 cm³/mol. The van der Waals surface area contributed by atoms with E-state index in [4.69, 9.17) is 17.0 Å². The number of hydrogen-bond donors (Lipinski definition) is 3. The number of amides is 2. The van der Waals surface area contributed by atoms with Crippen LogP contribution in [0.3, 0.4) is 0 Å². The Hall–Kier alpha value is -2.93. The number of thiocarbonyl (C=S) groups is 1. The molecule has 0 radical (unpaired) electrons. The van der Waals surface area contributed by atoms with Crippen molar-refractivity contribution in [1.29, 1.82) is 0 Å². The zero-order chi connectivity index (χ0) is 21.4. The van der Waals surface area contributed by atoms with Gasteiger partial charge in [-0.05, 0) is 69.7 Å². The van der Waals surface area contributed by atoms with Crippen LogP contribution in [0.15, 0.2) is 48.5 Å². The summed E-state index contributed by atoms with van der Waals surface area (Å²) < 4.78 is 5.62. The molecule has 0 fully saturated rings. The fourth-order valence-electron chi connectivity index (χ4n) is 2.51. The van der Waals surface area contributed by atoms with E-state index in [9.17, 15) is 9.59 Å². The van der Waals surface area contributed by atoms with Gasteiger partial charge in [-0.2, -0.15) is 0 Å². The fourth-order valence-corrected chi connectivity index (χ4v) is 2.71. The molecule has 0 aromatic heterocycles. The molecule has 0 bridgehead atoms. The molecular weight excluding hydrogens is 386 g/mol. The molecule has 0 spiro atoms. The van der Waals surface area contributed by atoms with Gasteiger partial charge in [0.2, 0.25) is 0 Å². The molecule has 154 valence electrons. The first-order valence-electron chi connectivity index (χ1n) is 9.59. The fraction of sp³-hybridized carbons (Fsp3) is 0.318. The number of ether oxygens (including phenoxy) is 1. The Balaban J connectivity index is 2.06. The van der Waals surface area contributed by atoms with Crippen molar-refractivity contribution in [1.82, 2.24) is 10.6 Å². The SMILES string of the molecule is CCC(C)NC(=O)c1ccccc1NC(=S)NC(=O)c1cccc(OC(C)C)c1. The molecule has 2 aromatic carbocycles. The second kappa shape index (κ2) is 10.6. The molecule has 0 aliphatic carbocycles. The van der Waals surface area contributed by atoms with E-state index in [1.165, 1.54) is 0 Å². The summed E-state index contributed by atoms with van der Waals surface area (Å²) in [6, 6.07) is 13.9. The van der Waals surface area contributed by atoms with Crippen LogP contribution in [0.1, 0.15) is 54.8 Å². The Morgan fingerprint density at radius 1 is 1.03 bits per heavy atom. The maximum absolute atomic E-state index is 12.5. The third-order valence-corrected chi connectivity index (χ3v) is 4.31. The van der Waals surface area contributed by atoms with Crippen molar-refractivity contribution in [2.24, 2.45) is 0 Å². The minimum absolute atomic E-state index is 0.00845. The summed E-state index contributed by atoms with van der Waals surface area (Å²) in [4.78, 5) is 25.0. The Bertz CT molecular complexity index is 883. The van der Waals surface area contributed by atoms with Crippen molar-refractivity contribution < 1.29 is 14.3 Å². The monoisotopic (exact) mass is 413 g/mol. The topological polar surface area (TPSA) is 79.5 Å². The van der Waals surface area contributed by atoms with Gasteiger partial charge in [0.05, 0.1) is 17.4 Å². The lowest BCUT2D eigenvalue weighted by atomic mass is 10.1. The molecule has 1 unspecified atom stereocenters. The van der Waals surface area contributed by atoms with Crippen LogP contribution in [-0.4, -0.2) is 29.1 Å². The summed E-state index contributed by atoms with van der Waals surface area (Å²) >= 11 is 5.27. The zero-order valence-corrected chi connectivity index (χ0v) is 17.9. The van der Waals surface area contributed by atoms with Crippen LogP contribution < -0.4 is 20.7 Å². The molecule has 0 aliphatic rings. The van der Waals surface area contributed by atoms with E-state index < -0.39 is 0 Å². The summed E-state index contributed by atoms with van der Waals surface area (Å²) in [6.45, 7) is 7.78. The molecule has 2 rings (SSSR count). The number of carbonyl (C=O) groups is 2. The maximum atomic E-state index is 12.5. The Kier molecular flexibility index (Phi) is 8.15. The van der Waals surface area contributed by atoms with E-state index in [1.54, 1.807) is 48.5 Å². The molecule has 2 amide bonds. The van der Waals surface area contributed by atoms with Gasteiger partial charge >= 0.3 is 0 Å². The number of para-hydroxylation sites is 1. The second-order valence-electron chi connectivity index (χ2n) is 6.93. The highest BCUT2D eigenvalue weighted by Crippen LogP contribution is 2.17. The number of benzene rings is 2. The van der Waals surface area contributed by atoms with Crippen LogP contribution in [0.2, 0.25) is 0 Å². The largest absolute Gasteiger partial charge is 0.491 e. The van der Waals surface area contributed by atoms with Crippen molar-refractivity contribution in [2.75, 3.05) is 5.32 Å². The highest BCUT2D eigenvalue weighted by Gasteiger charge is 2.15. The van der Waals surface area contributed by atoms with Gasteiger partial charge in [-0.1, -0.05) is 25.1 Å². The minimum Gasteiger partial charge on any atom is -0.491 e. The molecule has 1 atom stereocenters. The zero-order valence-electron chi connectivity index (χ0n) is 17.1. The molecule has 0 saturated carbocycles. The van der Waals surface area contributed by atoms with Gasteiger partial charge < -0.3 is 15.4 Å². The molecule has 0 aliphatic heterocycles. The van der Waals surface area contributed by atoms with Gasteiger partial charge in [-0.3, -0.25) is 14.9 Å². The van der Waals surface area contributed by atoms with Crippen LogP contribution in [0.25, 0.3) is 0 Å². The maximum Gasteiger partial charge on any atom is 0.257 e. The smallest absolute Gasteiger partial charge is 0.257 e. The summed E-state index contributed by atoms with van der Waals surface area (Å²) in [6.07, 6.45) is 0.837. The summed E-state index contributed by atoms with van der Waals surface area (Å²) in [5.74, 6) is 0.0481. The first-order chi connectivity index (χ1) is 13.8. The lowest BCUT2D eigenvalue weighted by Gasteiger charge is -2.16. The van der Waals surface area contributed by atoms with Gasteiger partial charge in [0.1, 0.15) is 5.75 Å². The average Bonchev–Trinajstić information content (AvgIpc) is 2.67. The van der Waals surface area contributed by atoms with E-state index in [2.05, 4.69) is 16.0 Å². The average molecular weight is 414 g/mol. The van der Waals surface area contributed by atoms with Crippen LogP contribution in [0.5, 0.6) is 5.75 Å². The van der Waals surface area contributed by atoms with Crippen molar-refractivity contribution in [3.63, 3.8) is 0 Å². The molecule has 2 aromatic rings. The molecular formula is C22H27N3O3S. The van der Waals surface area contributed by atoms with Gasteiger partial charge in [0.25, 0.3) is 11.8 Å². The van der Waals surface area contributed by atoms with Crippen LogP contribution in [0.4, 0.5) is 5.69 Å². The number of hydrogen-bond acceptors (Lipinski definition) is 4. The lowest BCUT2D eigenvalue weighted by Crippen LogP contribution is -2.36. The van der Waals surface area contributed by atoms with Crippen molar-refractivity contribution in [3.05, 3.63) is 59.7 Å². The number of carbonyl (C=O) groups excluding carboxylic acids is 2. The van der Waals surface area contributed by atoms with E-state index in [1.807, 2.05) is 27.7 Å². The second-order valence-corrected chi connectivity index (χ2v) is 7.34. The number of rotatable bonds is 7. The number of nitrogens with one attached hydrogen (secondary N) is 3. The van der Waals surface area contributed by atoms with Gasteiger partial charge in [0, 0.05) is 11.6 Å². The normalized spacial score (nSPS) is 11.5. The van der Waals surface area contributed by atoms with Crippen molar-refractivity contribution >= 4 is 34.8 Å². The standard InChI is InChI=1S/C22H27N3O3S/c1-5-15(4)23-21(27)18-11-6-7-12-19(18)24-22(29)25-20(26)16-9-8-10-17(13-16)28-14(2)3/h6-15H,5H2,1-4H3,(H,23,27)(H2,24,25,26,29). The highest BCUT2D eigenvalue weighted by molar-refractivity contribution is 7.80. The van der Waals surface area contributed by atoms with Gasteiger partial charge in [0.15, 0.2) is 5.11 Å². The number of anilines is 1. The third-order valence-electron chi connectivity index (χ3n) is 4.10. The van der Waals surface area contributed by atoms with E-state index in [0.717, 1.165) is 6.42 Å². The Morgan fingerprint density at radius 3 is 2.45 bits per heavy atom. The van der Waals surface area contributed by atoms with Crippen LogP contribution >= 0.6 is 12.2 Å². The molecule has 3 N–H and O–H groups in total. The predicted octanol–water partition coefficient (Wildman–Crippen LogP) is 4.13. The van der Waals surface area contributed by atoms with E-state index in [-0.39, 0.29) is 29.1 Å². The Morgan fingerprint density at radius 2 is 1.76 bits per heavy atom. The van der Waals surface area contributed by atoms with Gasteiger partial charge in [-0.25, -0.2) is 0 Å². The summed E-state index contributed by atoms with van der Waals surface area (Å²) in [5, 5.41) is 8.60. The highest BCUT2D eigenvalue weighted by atomic mass is 32.1. The molecule has 0 saturated heterocycles. The first kappa shape index (κ1) is 22.4. The van der Waals surface area contributed by atoms with Crippen LogP contribution in [-0.2, 0) is 0 Å². The lowest BCUT2D eigenvalue weighted by molar-refractivity contribution is 0.0938. The summed E-state index contributed by atoms with van der Waals surface area (Å²) in [5.41, 5.74) is 1.40. The van der Waals surface area contributed by atoms with Crippen LogP contribution in [0, 0.1) is 0 Å². The Labute approximate surface area is 177 Å². The molecule has 7 heteroatoms. The molecule has 29 heavy (non-hydrogen) atoms. The van der Waals surface area contributed by atoms with E-state index >= 15 is 0 Å². The van der Waals surface area contributed by atoms with E-state index in [0.29, 0.717) is 22.6 Å². The molecule has 6 nitrogen and oxygen atoms in total. The minimum atomic E-state index is -0.363. The van der Waals surface area contributed by atoms with Gasteiger partial charge in [-0.15, -0.1) is 0 Å². The van der Waals surface area contributed by atoms with Crippen molar-refractivity contribution in [2.45, 2.75) is 46.3 Å². The quantitative estimate of drug-likeness (QED) is 0.595. The first-order valence-corrected chi connectivity index (χ1v) is 10.00. The summed E-state index contributed by atoms with van der Waals surface area (Å²) in [7, 11) is 0. The molecule has 0 heterocycles. The van der Waals surface area contributed by atoms with Crippen molar-refractivity contribution in [3.8, 4) is 5.75 Å².